The van der Waals surface area contributed by atoms with E-state index < -0.39 is 0 Å². The Labute approximate surface area is 135 Å². The van der Waals surface area contributed by atoms with Crippen molar-refractivity contribution in [2.45, 2.75) is 0 Å². The van der Waals surface area contributed by atoms with Crippen LogP contribution in [0.25, 0.3) is 0 Å². The maximum atomic E-state index is 12.3. The number of benzene rings is 2. The van der Waals surface area contributed by atoms with E-state index in [1.807, 2.05) is 12.1 Å². The summed E-state index contributed by atoms with van der Waals surface area (Å²) in [6.45, 7) is 0. The molecule has 104 valence electrons. The van der Waals surface area contributed by atoms with E-state index in [0.29, 0.717) is 21.3 Å². The minimum Gasteiger partial charge on any atom is -0.387 e. The zero-order valence-electron chi connectivity index (χ0n) is 10.5. The summed E-state index contributed by atoms with van der Waals surface area (Å²) in [5.41, 5.74) is 1.65. The first kappa shape index (κ1) is 15.2. The number of hydrogen-bond acceptors (Lipinski definition) is 2. The molecule has 6 heteroatoms. The van der Waals surface area contributed by atoms with Crippen LogP contribution in [-0.2, 0) is 0 Å². The molecule has 2 rings (SSSR count). The zero-order valence-corrected chi connectivity index (χ0v) is 13.6. The zero-order chi connectivity index (χ0) is 14.7. The SMILES string of the molecule is CNc1ccccc1C(=O)Nc1c(Cl)cc(Br)cc1Cl. The normalized spacial score (nSPS) is 10.2. The number of para-hydroxylation sites is 1. The molecule has 0 aliphatic heterocycles. The van der Waals surface area contributed by atoms with Gasteiger partial charge < -0.3 is 10.6 Å². The van der Waals surface area contributed by atoms with E-state index in [0.717, 1.165) is 10.2 Å². The largest absolute Gasteiger partial charge is 0.387 e. The molecule has 0 aliphatic carbocycles. The third kappa shape index (κ3) is 3.26. The molecule has 0 spiro atoms. The lowest BCUT2D eigenvalue weighted by Crippen LogP contribution is -2.14. The van der Waals surface area contributed by atoms with Gasteiger partial charge in [-0.1, -0.05) is 51.3 Å². The number of rotatable bonds is 3. The minimum absolute atomic E-state index is 0.277. The van der Waals surface area contributed by atoms with Gasteiger partial charge in [0.1, 0.15) is 0 Å². The van der Waals surface area contributed by atoms with Crippen molar-refractivity contribution in [1.29, 1.82) is 0 Å². The van der Waals surface area contributed by atoms with Gasteiger partial charge in [0.2, 0.25) is 0 Å². The highest BCUT2D eigenvalue weighted by atomic mass is 79.9. The Hall–Kier alpha value is -1.23. The van der Waals surface area contributed by atoms with Gasteiger partial charge in [-0.25, -0.2) is 0 Å². The van der Waals surface area contributed by atoms with Crippen LogP contribution in [0.3, 0.4) is 0 Å². The average Bonchev–Trinajstić information content (AvgIpc) is 2.42. The number of carbonyl (C=O) groups is 1. The Balaban J connectivity index is 2.33. The molecule has 0 bridgehead atoms. The van der Waals surface area contributed by atoms with Crippen LogP contribution in [0.1, 0.15) is 10.4 Å². The van der Waals surface area contributed by atoms with Gasteiger partial charge in [0, 0.05) is 17.2 Å². The third-order valence-electron chi connectivity index (χ3n) is 2.69. The highest BCUT2D eigenvalue weighted by molar-refractivity contribution is 9.10. The second-order valence-corrected chi connectivity index (χ2v) is 5.72. The fraction of sp³-hybridized carbons (Fsp3) is 0.0714. The molecule has 0 saturated carbocycles. The van der Waals surface area contributed by atoms with Gasteiger partial charge in [-0.05, 0) is 24.3 Å². The van der Waals surface area contributed by atoms with E-state index in [4.69, 9.17) is 23.2 Å². The van der Waals surface area contributed by atoms with Crippen molar-refractivity contribution < 1.29 is 4.79 Å². The van der Waals surface area contributed by atoms with Gasteiger partial charge >= 0.3 is 0 Å². The summed E-state index contributed by atoms with van der Waals surface area (Å²) in [4.78, 5) is 12.3. The molecule has 0 radical (unpaired) electrons. The molecular weight excluding hydrogens is 363 g/mol. The Morgan fingerprint density at radius 3 is 2.35 bits per heavy atom. The van der Waals surface area contributed by atoms with E-state index in [-0.39, 0.29) is 5.91 Å². The van der Waals surface area contributed by atoms with Crippen molar-refractivity contribution in [1.82, 2.24) is 0 Å². The van der Waals surface area contributed by atoms with Gasteiger partial charge in [-0.2, -0.15) is 0 Å². The van der Waals surface area contributed by atoms with Crippen LogP contribution in [0, 0.1) is 0 Å². The van der Waals surface area contributed by atoms with Crippen molar-refractivity contribution in [3.63, 3.8) is 0 Å². The number of halogens is 3. The predicted octanol–water partition coefficient (Wildman–Crippen LogP) is 5.05. The van der Waals surface area contributed by atoms with Crippen molar-refractivity contribution in [2.75, 3.05) is 17.7 Å². The fourth-order valence-corrected chi connectivity index (χ4v) is 3.04. The molecule has 0 heterocycles. The smallest absolute Gasteiger partial charge is 0.257 e. The minimum atomic E-state index is -0.277. The van der Waals surface area contributed by atoms with Gasteiger partial charge in [-0.3, -0.25) is 4.79 Å². The standard InChI is InChI=1S/C14H11BrCl2N2O/c1-18-12-5-3-2-4-9(12)14(20)19-13-10(16)6-8(15)7-11(13)17/h2-7,18H,1H3,(H,19,20). The summed E-state index contributed by atoms with van der Waals surface area (Å²) >= 11 is 15.5. The van der Waals surface area contributed by atoms with Crippen LogP contribution in [-0.4, -0.2) is 13.0 Å². The van der Waals surface area contributed by atoms with E-state index >= 15 is 0 Å². The average molecular weight is 374 g/mol. The second-order valence-electron chi connectivity index (χ2n) is 3.99. The van der Waals surface area contributed by atoms with Crippen LogP contribution in [0.2, 0.25) is 10.0 Å². The Morgan fingerprint density at radius 1 is 1.15 bits per heavy atom. The van der Waals surface area contributed by atoms with E-state index in [2.05, 4.69) is 26.6 Å². The number of anilines is 2. The fourth-order valence-electron chi connectivity index (χ4n) is 1.74. The lowest BCUT2D eigenvalue weighted by molar-refractivity contribution is 0.102. The lowest BCUT2D eigenvalue weighted by Gasteiger charge is -2.12. The molecule has 0 atom stereocenters. The van der Waals surface area contributed by atoms with Crippen molar-refractivity contribution in [3.05, 3.63) is 56.5 Å². The molecule has 2 N–H and O–H groups in total. The molecule has 2 aromatic rings. The maximum absolute atomic E-state index is 12.3. The highest BCUT2D eigenvalue weighted by Gasteiger charge is 2.14. The first-order chi connectivity index (χ1) is 9.52. The summed E-state index contributed by atoms with van der Waals surface area (Å²) < 4.78 is 0.751. The molecule has 3 nitrogen and oxygen atoms in total. The van der Waals surface area contributed by atoms with Gasteiger partial charge in [-0.15, -0.1) is 0 Å². The quantitative estimate of drug-likeness (QED) is 0.790. The monoisotopic (exact) mass is 372 g/mol. The van der Waals surface area contributed by atoms with Gasteiger partial charge in [0.05, 0.1) is 21.3 Å². The van der Waals surface area contributed by atoms with Gasteiger partial charge in [0.25, 0.3) is 5.91 Å². The number of amides is 1. The number of carbonyl (C=O) groups excluding carboxylic acids is 1. The maximum Gasteiger partial charge on any atom is 0.257 e. The first-order valence-electron chi connectivity index (χ1n) is 5.75. The molecule has 0 saturated heterocycles. The van der Waals surface area contributed by atoms with Crippen molar-refractivity contribution in [3.8, 4) is 0 Å². The Bertz CT molecular complexity index is 638. The molecule has 2 aromatic carbocycles. The summed E-state index contributed by atoms with van der Waals surface area (Å²) in [5.74, 6) is -0.277. The van der Waals surface area contributed by atoms with Crippen molar-refractivity contribution in [2.24, 2.45) is 0 Å². The van der Waals surface area contributed by atoms with Crippen LogP contribution in [0.4, 0.5) is 11.4 Å². The van der Waals surface area contributed by atoms with E-state index in [1.165, 1.54) is 0 Å². The Kier molecular flexibility index (Phi) is 4.91. The topological polar surface area (TPSA) is 41.1 Å². The van der Waals surface area contributed by atoms with E-state index in [1.54, 1.807) is 31.3 Å². The molecule has 0 unspecified atom stereocenters. The van der Waals surface area contributed by atoms with Crippen LogP contribution >= 0.6 is 39.1 Å². The summed E-state index contributed by atoms with van der Waals surface area (Å²) in [6.07, 6.45) is 0. The van der Waals surface area contributed by atoms with Gasteiger partial charge in [0.15, 0.2) is 0 Å². The van der Waals surface area contributed by atoms with Crippen LogP contribution in [0.5, 0.6) is 0 Å². The Morgan fingerprint density at radius 2 is 1.75 bits per heavy atom. The van der Waals surface area contributed by atoms with Crippen molar-refractivity contribution >= 4 is 56.4 Å². The summed E-state index contributed by atoms with van der Waals surface area (Å²) in [5, 5.41) is 6.45. The number of nitrogens with one attached hydrogen (secondary N) is 2. The van der Waals surface area contributed by atoms with E-state index in [9.17, 15) is 4.79 Å². The predicted molar refractivity (Wildman–Crippen MR) is 88.1 cm³/mol. The summed E-state index contributed by atoms with van der Waals surface area (Å²) in [6, 6.07) is 10.5. The molecular formula is C14H11BrCl2N2O. The third-order valence-corrected chi connectivity index (χ3v) is 3.74. The summed E-state index contributed by atoms with van der Waals surface area (Å²) in [7, 11) is 1.76. The first-order valence-corrected chi connectivity index (χ1v) is 7.30. The molecule has 1 amide bonds. The highest BCUT2D eigenvalue weighted by Crippen LogP contribution is 2.34. The molecule has 20 heavy (non-hydrogen) atoms. The van der Waals surface area contributed by atoms with Crippen LogP contribution < -0.4 is 10.6 Å². The molecule has 0 fully saturated rings. The number of hydrogen-bond donors (Lipinski definition) is 2. The molecule has 0 aromatic heterocycles. The molecule has 0 aliphatic rings. The van der Waals surface area contributed by atoms with Crippen LogP contribution in [0.15, 0.2) is 40.9 Å². The lowest BCUT2D eigenvalue weighted by atomic mass is 10.1. The second kappa shape index (κ2) is 6.48.